The fourth-order valence-electron chi connectivity index (χ4n) is 7.65. The number of aromatic nitrogens is 1. The van der Waals surface area contributed by atoms with Crippen LogP contribution in [0.3, 0.4) is 0 Å². The van der Waals surface area contributed by atoms with Crippen molar-refractivity contribution < 1.29 is 4.42 Å². The summed E-state index contributed by atoms with van der Waals surface area (Å²) in [6.07, 6.45) is 0. The van der Waals surface area contributed by atoms with Gasteiger partial charge in [-0.15, -0.1) is 0 Å². The van der Waals surface area contributed by atoms with Crippen molar-refractivity contribution in [2.45, 2.75) is 0 Å². The molecule has 10 rings (SSSR count). The molecule has 214 valence electrons. The van der Waals surface area contributed by atoms with Crippen molar-refractivity contribution in [2.24, 2.45) is 0 Å². The number of hydrogen-bond acceptors (Lipinski definition) is 1. The number of fused-ring (bicyclic) bond motifs is 8. The number of para-hydroxylation sites is 3. The molecule has 0 amide bonds. The predicted octanol–water partition coefficient (Wildman–Crippen LogP) is 12.3. The maximum atomic E-state index is 6.93. The molecule has 2 aromatic heterocycles. The summed E-state index contributed by atoms with van der Waals surface area (Å²) in [6.45, 7) is 0. The summed E-state index contributed by atoms with van der Waals surface area (Å²) in [4.78, 5) is 0. The molecule has 46 heavy (non-hydrogen) atoms. The van der Waals surface area contributed by atoms with Crippen LogP contribution in [0.2, 0.25) is 0 Å². The highest BCUT2D eigenvalue weighted by Crippen LogP contribution is 2.47. The summed E-state index contributed by atoms with van der Waals surface area (Å²) in [6, 6.07) is 58.8. The van der Waals surface area contributed by atoms with Gasteiger partial charge in [0.25, 0.3) is 0 Å². The van der Waals surface area contributed by atoms with Crippen LogP contribution >= 0.6 is 0 Å². The zero-order chi connectivity index (χ0) is 30.2. The summed E-state index contributed by atoms with van der Waals surface area (Å²) >= 11 is 0. The molecule has 0 aliphatic rings. The largest absolute Gasteiger partial charge is 0.455 e. The lowest BCUT2D eigenvalue weighted by atomic mass is 9.85. The number of furan rings is 1. The molecule has 0 N–H and O–H groups in total. The second-order valence-corrected chi connectivity index (χ2v) is 12.0. The van der Waals surface area contributed by atoms with Crippen LogP contribution in [-0.2, 0) is 0 Å². The maximum absolute atomic E-state index is 6.93. The van der Waals surface area contributed by atoms with E-state index in [2.05, 4.69) is 168 Å². The number of nitrogens with zero attached hydrogens (tertiary/aromatic N) is 1. The number of benzene rings is 8. The molecule has 2 heterocycles. The first-order chi connectivity index (χ1) is 22.8. The number of hydrogen-bond donors (Lipinski definition) is 0. The fraction of sp³-hybridized carbons (Fsp3) is 0. The lowest BCUT2D eigenvalue weighted by Gasteiger charge is -2.17. The third-order valence-electron chi connectivity index (χ3n) is 9.57. The molecule has 0 fully saturated rings. The molecule has 0 saturated heterocycles. The Bertz CT molecular complexity index is 2730. The van der Waals surface area contributed by atoms with Crippen molar-refractivity contribution in [3.63, 3.8) is 0 Å². The van der Waals surface area contributed by atoms with Crippen LogP contribution in [0.25, 0.3) is 93.2 Å². The summed E-state index contributed by atoms with van der Waals surface area (Å²) < 4.78 is 9.28. The van der Waals surface area contributed by atoms with Crippen molar-refractivity contribution >= 4 is 65.3 Å². The Hall–Kier alpha value is -6.12. The van der Waals surface area contributed by atoms with E-state index >= 15 is 0 Å². The zero-order valence-corrected chi connectivity index (χ0v) is 24.9. The third kappa shape index (κ3) is 3.53. The summed E-state index contributed by atoms with van der Waals surface area (Å²) in [5.41, 5.74) is 10.1. The van der Waals surface area contributed by atoms with Gasteiger partial charge >= 0.3 is 0 Å². The quantitative estimate of drug-likeness (QED) is 0.189. The molecule has 0 saturated carbocycles. The molecule has 0 aliphatic heterocycles. The molecular formula is C44H27NO. The minimum atomic E-state index is 0.893. The van der Waals surface area contributed by atoms with Gasteiger partial charge in [0.1, 0.15) is 11.2 Å². The lowest BCUT2D eigenvalue weighted by molar-refractivity contribution is 0.670. The van der Waals surface area contributed by atoms with E-state index in [0.717, 1.165) is 38.7 Å². The highest BCUT2D eigenvalue weighted by molar-refractivity contribution is 6.25. The first-order valence-electron chi connectivity index (χ1n) is 15.8. The Balaban J connectivity index is 1.31. The van der Waals surface area contributed by atoms with Crippen LogP contribution in [0.4, 0.5) is 0 Å². The summed E-state index contributed by atoms with van der Waals surface area (Å²) in [7, 11) is 0. The van der Waals surface area contributed by atoms with E-state index in [1.54, 1.807) is 0 Å². The van der Waals surface area contributed by atoms with Crippen molar-refractivity contribution in [2.75, 3.05) is 0 Å². The topological polar surface area (TPSA) is 18.1 Å². The smallest absolute Gasteiger partial charge is 0.143 e. The van der Waals surface area contributed by atoms with E-state index < -0.39 is 0 Å². The van der Waals surface area contributed by atoms with Gasteiger partial charge in [-0.2, -0.15) is 0 Å². The highest BCUT2D eigenvalue weighted by Gasteiger charge is 2.21. The summed E-state index contributed by atoms with van der Waals surface area (Å²) in [5.74, 6) is 0. The molecule has 2 heteroatoms. The van der Waals surface area contributed by atoms with Gasteiger partial charge in [0.2, 0.25) is 0 Å². The first kappa shape index (κ1) is 25.2. The van der Waals surface area contributed by atoms with Crippen molar-refractivity contribution in [3.8, 4) is 27.9 Å². The molecule has 8 aromatic carbocycles. The first-order valence-corrected chi connectivity index (χ1v) is 15.8. The fourth-order valence-corrected chi connectivity index (χ4v) is 7.65. The summed E-state index contributed by atoms with van der Waals surface area (Å²) in [5, 5.41) is 9.65. The normalized spacial score (nSPS) is 11.9. The van der Waals surface area contributed by atoms with Gasteiger partial charge in [0.15, 0.2) is 0 Å². The van der Waals surface area contributed by atoms with Gasteiger partial charge in [-0.25, -0.2) is 0 Å². The Morgan fingerprint density at radius 2 is 0.935 bits per heavy atom. The molecule has 0 bridgehead atoms. The van der Waals surface area contributed by atoms with E-state index in [1.165, 1.54) is 54.5 Å². The van der Waals surface area contributed by atoms with Gasteiger partial charge < -0.3 is 8.98 Å². The van der Waals surface area contributed by atoms with Crippen molar-refractivity contribution in [1.29, 1.82) is 0 Å². The van der Waals surface area contributed by atoms with Crippen LogP contribution < -0.4 is 0 Å². The molecule has 0 aliphatic carbocycles. The van der Waals surface area contributed by atoms with E-state index in [-0.39, 0.29) is 0 Å². The second kappa shape index (κ2) is 9.69. The molecule has 0 atom stereocenters. The van der Waals surface area contributed by atoms with Gasteiger partial charge in [0, 0.05) is 44.4 Å². The Morgan fingerprint density at radius 1 is 0.370 bits per heavy atom. The molecule has 10 aromatic rings. The second-order valence-electron chi connectivity index (χ2n) is 12.0. The van der Waals surface area contributed by atoms with Crippen molar-refractivity contribution in [1.82, 2.24) is 4.57 Å². The maximum Gasteiger partial charge on any atom is 0.143 e. The van der Waals surface area contributed by atoms with Gasteiger partial charge in [-0.1, -0.05) is 133 Å². The molecule has 0 spiro atoms. The van der Waals surface area contributed by atoms with Gasteiger partial charge in [-0.3, -0.25) is 0 Å². The Morgan fingerprint density at radius 3 is 1.63 bits per heavy atom. The average Bonchev–Trinajstić information content (AvgIpc) is 3.65. The third-order valence-corrected chi connectivity index (χ3v) is 9.57. The Kier molecular flexibility index (Phi) is 5.31. The van der Waals surface area contributed by atoms with E-state index in [0.29, 0.717) is 0 Å². The molecular weight excluding hydrogens is 558 g/mol. The van der Waals surface area contributed by atoms with Crippen LogP contribution in [0.15, 0.2) is 168 Å². The Labute approximate surface area is 265 Å². The highest BCUT2D eigenvalue weighted by atomic mass is 16.3. The van der Waals surface area contributed by atoms with Gasteiger partial charge in [-0.05, 0) is 56.9 Å². The minimum Gasteiger partial charge on any atom is -0.455 e. The molecule has 2 nitrogen and oxygen atoms in total. The van der Waals surface area contributed by atoms with E-state index in [9.17, 15) is 0 Å². The monoisotopic (exact) mass is 585 g/mol. The molecule has 0 radical (unpaired) electrons. The zero-order valence-electron chi connectivity index (χ0n) is 24.9. The molecule has 0 unspecified atom stereocenters. The lowest BCUT2D eigenvalue weighted by Crippen LogP contribution is -1.92. The van der Waals surface area contributed by atoms with Crippen LogP contribution in [0.5, 0.6) is 0 Å². The van der Waals surface area contributed by atoms with Crippen LogP contribution in [0.1, 0.15) is 0 Å². The van der Waals surface area contributed by atoms with E-state index in [4.69, 9.17) is 4.42 Å². The standard InChI is InChI=1S/C44H27NO/c1-3-14-28(15-4-1)42-31-19-7-9-21-33(31)43(34-22-10-8-20-32(34)42)36-24-13-23-35-38-26-37-30-18-11-12-25-39(30)45(29-16-5-2-6-17-29)40(37)27-41(38)46-44(35)36/h1-27H. The minimum absolute atomic E-state index is 0.893. The van der Waals surface area contributed by atoms with Crippen LogP contribution in [0, 0.1) is 0 Å². The SMILES string of the molecule is c1ccc(-c2c3ccccc3c(-c3cccc4c3oc3cc5c(cc34)c3ccccc3n5-c3ccccc3)c3ccccc23)cc1. The van der Waals surface area contributed by atoms with Crippen molar-refractivity contribution in [3.05, 3.63) is 164 Å². The van der Waals surface area contributed by atoms with E-state index in [1.807, 2.05) is 0 Å². The number of rotatable bonds is 3. The average molecular weight is 586 g/mol. The van der Waals surface area contributed by atoms with Gasteiger partial charge in [0.05, 0.1) is 11.0 Å². The predicted molar refractivity (Wildman–Crippen MR) is 194 cm³/mol. The van der Waals surface area contributed by atoms with Crippen LogP contribution in [-0.4, -0.2) is 4.57 Å².